The molecule has 3 rings (SSSR count). The second kappa shape index (κ2) is 7.63. The molecular formula is C19H18N2O5S. The molecule has 0 aliphatic heterocycles. The molecule has 0 saturated heterocycles. The molecule has 0 fully saturated rings. The van der Waals surface area contributed by atoms with Crippen molar-refractivity contribution in [3.05, 3.63) is 70.6 Å². The highest BCUT2D eigenvalue weighted by molar-refractivity contribution is 7.89. The van der Waals surface area contributed by atoms with Gasteiger partial charge in [0.25, 0.3) is 10.0 Å². The third-order valence-electron chi connectivity index (χ3n) is 3.81. The number of rotatable bonds is 6. The second-order valence-electron chi connectivity index (χ2n) is 5.68. The zero-order valence-electron chi connectivity index (χ0n) is 14.8. The first kappa shape index (κ1) is 18.7. The standard InChI is InChI=1S/C19H18N2O5S/c1-3-25-15-8-10-16(11-9-15)27(23,24)21-20-13(2)17-12-14-6-4-5-7-18(14)26-19(17)22/h4-12,21H,3H2,1-2H3/b20-13-. The average molecular weight is 386 g/mol. The van der Waals surface area contributed by atoms with Crippen LogP contribution in [0.15, 0.2) is 73.8 Å². The molecule has 0 aliphatic rings. The molecule has 1 heterocycles. The van der Waals surface area contributed by atoms with Gasteiger partial charge in [-0.2, -0.15) is 18.4 Å². The Labute approximate surface area is 156 Å². The lowest BCUT2D eigenvalue weighted by Gasteiger charge is -2.07. The van der Waals surface area contributed by atoms with Crippen molar-refractivity contribution in [1.29, 1.82) is 0 Å². The zero-order chi connectivity index (χ0) is 19.4. The fourth-order valence-corrected chi connectivity index (χ4v) is 3.29. The summed E-state index contributed by atoms with van der Waals surface area (Å²) in [4.78, 5) is 14.3. The van der Waals surface area contributed by atoms with Gasteiger partial charge in [-0.1, -0.05) is 18.2 Å². The van der Waals surface area contributed by atoms with E-state index in [-0.39, 0.29) is 16.2 Å². The van der Waals surface area contributed by atoms with Gasteiger partial charge in [-0.3, -0.25) is 0 Å². The number of benzene rings is 2. The maximum atomic E-state index is 12.4. The Morgan fingerprint density at radius 3 is 2.56 bits per heavy atom. The van der Waals surface area contributed by atoms with Crippen LogP contribution in [0.25, 0.3) is 11.0 Å². The number of para-hydroxylation sites is 1. The van der Waals surface area contributed by atoms with Crippen LogP contribution in [-0.2, 0) is 10.0 Å². The van der Waals surface area contributed by atoms with Crippen molar-refractivity contribution in [2.75, 3.05) is 6.61 Å². The summed E-state index contributed by atoms with van der Waals surface area (Å²) in [5.41, 5.74) is 0.247. The number of fused-ring (bicyclic) bond motifs is 1. The number of ether oxygens (including phenoxy) is 1. The summed E-state index contributed by atoms with van der Waals surface area (Å²) in [5, 5.41) is 4.57. The summed E-state index contributed by atoms with van der Waals surface area (Å²) in [6.07, 6.45) is 0. The molecule has 140 valence electrons. The van der Waals surface area contributed by atoms with Gasteiger partial charge in [0.05, 0.1) is 22.8 Å². The highest BCUT2D eigenvalue weighted by Crippen LogP contribution is 2.16. The van der Waals surface area contributed by atoms with Crippen LogP contribution in [-0.4, -0.2) is 20.7 Å². The van der Waals surface area contributed by atoms with Crippen molar-refractivity contribution in [3.63, 3.8) is 0 Å². The molecule has 0 saturated carbocycles. The Morgan fingerprint density at radius 1 is 1.15 bits per heavy atom. The minimum atomic E-state index is -3.88. The van der Waals surface area contributed by atoms with Crippen molar-refractivity contribution in [3.8, 4) is 5.75 Å². The summed E-state index contributed by atoms with van der Waals surface area (Å²) in [5.74, 6) is 0.574. The van der Waals surface area contributed by atoms with Gasteiger partial charge in [0.1, 0.15) is 11.3 Å². The summed E-state index contributed by atoms with van der Waals surface area (Å²) in [6, 6.07) is 14.6. The van der Waals surface area contributed by atoms with E-state index in [4.69, 9.17) is 9.15 Å². The van der Waals surface area contributed by atoms with Crippen LogP contribution in [0.1, 0.15) is 19.4 Å². The average Bonchev–Trinajstić information content (AvgIpc) is 2.66. The first-order chi connectivity index (χ1) is 12.9. The van der Waals surface area contributed by atoms with Crippen LogP contribution < -0.4 is 15.2 Å². The highest BCUT2D eigenvalue weighted by atomic mass is 32.2. The third kappa shape index (κ3) is 4.17. The Kier molecular flexibility index (Phi) is 5.27. The molecule has 0 radical (unpaired) electrons. The van der Waals surface area contributed by atoms with Crippen LogP contribution >= 0.6 is 0 Å². The number of hydrogen-bond acceptors (Lipinski definition) is 6. The number of hydrazone groups is 1. The molecule has 0 unspecified atom stereocenters. The minimum absolute atomic E-state index is 0.0352. The van der Waals surface area contributed by atoms with Crippen molar-refractivity contribution >= 4 is 26.7 Å². The number of sulfonamides is 1. The Bertz CT molecular complexity index is 1150. The van der Waals surface area contributed by atoms with E-state index in [9.17, 15) is 13.2 Å². The molecule has 3 aromatic rings. The molecule has 1 aromatic heterocycles. The number of hydrogen-bond donors (Lipinski definition) is 1. The lowest BCUT2D eigenvalue weighted by Crippen LogP contribution is -2.21. The van der Waals surface area contributed by atoms with E-state index in [0.29, 0.717) is 17.9 Å². The third-order valence-corrected chi connectivity index (χ3v) is 5.03. The molecule has 2 aromatic carbocycles. The molecule has 0 bridgehead atoms. The molecular weight excluding hydrogens is 368 g/mol. The summed E-state index contributed by atoms with van der Waals surface area (Å²) in [7, 11) is -3.88. The maximum absolute atomic E-state index is 12.4. The van der Waals surface area contributed by atoms with Crippen LogP contribution in [0, 0.1) is 0 Å². The van der Waals surface area contributed by atoms with Crippen molar-refractivity contribution in [1.82, 2.24) is 4.83 Å². The highest BCUT2D eigenvalue weighted by Gasteiger charge is 2.14. The van der Waals surface area contributed by atoms with Crippen LogP contribution in [0.4, 0.5) is 0 Å². The first-order valence-corrected chi connectivity index (χ1v) is 9.71. The van der Waals surface area contributed by atoms with Gasteiger partial charge in [-0.05, 0) is 50.2 Å². The molecule has 27 heavy (non-hydrogen) atoms. The van der Waals surface area contributed by atoms with Gasteiger partial charge < -0.3 is 9.15 Å². The van der Waals surface area contributed by atoms with E-state index in [1.54, 1.807) is 36.4 Å². The molecule has 0 atom stereocenters. The zero-order valence-corrected chi connectivity index (χ0v) is 15.6. The van der Waals surface area contributed by atoms with Gasteiger partial charge >= 0.3 is 5.63 Å². The lowest BCUT2D eigenvalue weighted by molar-refractivity contribution is 0.340. The van der Waals surface area contributed by atoms with E-state index >= 15 is 0 Å². The van der Waals surface area contributed by atoms with Gasteiger partial charge in [0.15, 0.2) is 0 Å². The molecule has 0 amide bonds. The van der Waals surface area contributed by atoms with E-state index < -0.39 is 15.6 Å². The minimum Gasteiger partial charge on any atom is -0.494 e. The van der Waals surface area contributed by atoms with Gasteiger partial charge in [-0.15, -0.1) is 0 Å². The van der Waals surface area contributed by atoms with Crippen LogP contribution in [0.2, 0.25) is 0 Å². The largest absolute Gasteiger partial charge is 0.494 e. The maximum Gasteiger partial charge on any atom is 0.345 e. The van der Waals surface area contributed by atoms with Crippen molar-refractivity contribution in [2.24, 2.45) is 5.10 Å². The van der Waals surface area contributed by atoms with E-state index in [1.165, 1.54) is 19.1 Å². The quantitative estimate of drug-likeness (QED) is 0.399. The molecule has 0 spiro atoms. The predicted molar refractivity (Wildman–Crippen MR) is 103 cm³/mol. The Balaban J connectivity index is 1.86. The monoisotopic (exact) mass is 386 g/mol. The molecule has 0 aliphatic carbocycles. The Morgan fingerprint density at radius 2 is 1.85 bits per heavy atom. The lowest BCUT2D eigenvalue weighted by atomic mass is 10.1. The Hall–Kier alpha value is -3.13. The van der Waals surface area contributed by atoms with Gasteiger partial charge in [0.2, 0.25) is 0 Å². The summed E-state index contributed by atoms with van der Waals surface area (Å²) >= 11 is 0. The first-order valence-electron chi connectivity index (χ1n) is 8.23. The van der Waals surface area contributed by atoms with Crippen LogP contribution in [0.5, 0.6) is 5.75 Å². The van der Waals surface area contributed by atoms with Crippen molar-refractivity contribution < 1.29 is 17.6 Å². The second-order valence-corrected chi connectivity index (χ2v) is 7.34. The number of nitrogens with zero attached hydrogens (tertiary/aromatic N) is 1. The summed E-state index contributed by atoms with van der Waals surface area (Å²) in [6.45, 7) is 3.86. The SMILES string of the molecule is CCOc1ccc(S(=O)(=O)N/N=C(/C)c2cc3ccccc3oc2=O)cc1. The summed E-state index contributed by atoms with van der Waals surface area (Å²) < 4.78 is 35.3. The van der Waals surface area contributed by atoms with E-state index in [1.807, 2.05) is 13.0 Å². The smallest absolute Gasteiger partial charge is 0.345 e. The molecule has 1 N–H and O–H groups in total. The van der Waals surface area contributed by atoms with Crippen molar-refractivity contribution in [2.45, 2.75) is 18.7 Å². The van der Waals surface area contributed by atoms with E-state index in [0.717, 1.165) is 5.39 Å². The number of nitrogens with one attached hydrogen (secondary N) is 1. The van der Waals surface area contributed by atoms with Gasteiger partial charge in [0, 0.05) is 5.39 Å². The fourth-order valence-electron chi connectivity index (χ4n) is 2.44. The van der Waals surface area contributed by atoms with E-state index in [2.05, 4.69) is 9.93 Å². The predicted octanol–water partition coefficient (Wildman–Crippen LogP) is 2.89. The van der Waals surface area contributed by atoms with Crippen LogP contribution in [0.3, 0.4) is 0 Å². The molecule has 7 nitrogen and oxygen atoms in total. The topological polar surface area (TPSA) is 98.0 Å². The fraction of sp³-hybridized carbons (Fsp3) is 0.158. The van der Waals surface area contributed by atoms with Gasteiger partial charge in [-0.25, -0.2) is 4.79 Å². The normalized spacial score (nSPS) is 12.1. The molecule has 8 heteroatoms.